The SMILES string of the molecule is C[C@H](COc1ccccc1)NC(=O)COc1cccc2c1CCCC2. The van der Waals surface area contributed by atoms with E-state index in [2.05, 4.69) is 11.4 Å². The molecule has 0 fully saturated rings. The van der Waals surface area contributed by atoms with Gasteiger partial charge in [-0.1, -0.05) is 30.3 Å². The number of ether oxygens (including phenoxy) is 2. The lowest BCUT2D eigenvalue weighted by Crippen LogP contribution is -2.39. The normalized spacial score (nSPS) is 14.3. The molecular weight excluding hydrogens is 314 g/mol. The minimum Gasteiger partial charge on any atom is -0.491 e. The summed E-state index contributed by atoms with van der Waals surface area (Å²) in [6, 6.07) is 15.6. The van der Waals surface area contributed by atoms with Crippen molar-refractivity contribution in [2.75, 3.05) is 13.2 Å². The number of amides is 1. The molecule has 25 heavy (non-hydrogen) atoms. The summed E-state index contributed by atoms with van der Waals surface area (Å²) in [6.45, 7) is 2.38. The Hall–Kier alpha value is -2.49. The van der Waals surface area contributed by atoms with Crippen molar-refractivity contribution in [1.82, 2.24) is 5.32 Å². The van der Waals surface area contributed by atoms with Crippen molar-refractivity contribution in [3.8, 4) is 11.5 Å². The van der Waals surface area contributed by atoms with E-state index in [1.807, 2.05) is 49.4 Å². The van der Waals surface area contributed by atoms with Gasteiger partial charge in [0.25, 0.3) is 5.91 Å². The maximum absolute atomic E-state index is 12.1. The number of para-hydroxylation sites is 1. The van der Waals surface area contributed by atoms with Crippen LogP contribution in [0.25, 0.3) is 0 Å². The monoisotopic (exact) mass is 339 g/mol. The van der Waals surface area contributed by atoms with Crippen LogP contribution in [0, 0.1) is 0 Å². The van der Waals surface area contributed by atoms with E-state index < -0.39 is 0 Å². The van der Waals surface area contributed by atoms with Crippen molar-refractivity contribution in [2.45, 2.75) is 38.6 Å². The number of nitrogens with one attached hydrogen (secondary N) is 1. The zero-order valence-corrected chi connectivity index (χ0v) is 14.7. The van der Waals surface area contributed by atoms with E-state index in [9.17, 15) is 4.79 Å². The number of fused-ring (bicyclic) bond motifs is 1. The Bertz CT molecular complexity index is 700. The van der Waals surface area contributed by atoms with E-state index >= 15 is 0 Å². The number of aryl methyl sites for hydroxylation is 1. The zero-order valence-electron chi connectivity index (χ0n) is 14.7. The van der Waals surface area contributed by atoms with Gasteiger partial charge in [0.05, 0.1) is 6.04 Å². The topological polar surface area (TPSA) is 47.6 Å². The zero-order chi connectivity index (χ0) is 17.5. The standard InChI is InChI=1S/C21H25NO3/c1-16(14-24-18-10-3-2-4-11-18)22-21(23)15-25-20-13-7-9-17-8-5-6-12-19(17)20/h2-4,7,9-11,13,16H,5-6,8,12,14-15H2,1H3,(H,22,23)/t16-/m1/s1. The number of rotatable bonds is 7. The maximum Gasteiger partial charge on any atom is 0.258 e. The smallest absolute Gasteiger partial charge is 0.258 e. The molecule has 0 aromatic heterocycles. The maximum atomic E-state index is 12.1. The predicted molar refractivity (Wildman–Crippen MR) is 98.1 cm³/mol. The summed E-state index contributed by atoms with van der Waals surface area (Å²) in [4.78, 5) is 12.1. The number of hydrogen-bond donors (Lipinski definition) is 1. The van der Waals surface area contributed by atoms with Crippen LogP contribution in [-0.4, -0.2) is 25.2 Å². The summed E-state index contributed by atoms with van der Waals surface area (Å²) in [5, 5.41) is 2.91. The number of carbonyl (C=O) groups excluding carboxylic acids is 1. The second-order valence-corrected chi connectivity index (χ2v) is 6.48. The third-order valence-electron chi connectivity index (χ3n) is 4.36. The Morgan fingerprint density at radius 3 is 2.68 bits per heavy atom. The van der Waals surface area contributed by atoms with E-state index in [1.54, 1.807) is 0 Å². The minimum atomic E-state index is -0.127. The molecule has 0 saturated heterocycles. The van der Waals surface area contributed by atoms with Crippen molar-refractivity contribution in [3.05, 3.63) is 59.7 Å². The number of carbonyl (C=O) groups is 1. The highest BCUT2D eigenvalue weighted by Gasteiger charge is 2.15. The molecule has 4 heteroatoms. The molecule has 132 valence electrons. The van der Waals surface area contributed by atoms with E-state index in [1.165, 1.54) is 24.0 Å². The highest BCUT2D eigenvalue weighted by atomic mass is 16.5. The Labute approximate surface area is 149 Å². The lowest BCUT2D eigenvalue weighted by atomic mass is 9.91. The molecule has 1 atom stereocenters. The Kier molecular flexibility index (Phi) is 5.94. The predicted octanol–water partition coefficient (Wildman–Crippen LogP) is 3.53. The molecule has 3 rings (SSSR count). The second-order valence-electron chi connectivity index (χ2n) is 6.48. The highest BCUT2D eigenvalue weighted by Crippen LogP contribution is 2.29. The average molecular weight is 339 g/mol. The van der Waals surface area contributed by atoms with Crippen LogP contribution in [-0.2, 0) is 17.6 Å². The van der Waals surface area contributed by atoms with Gasteiger partial charge >= 0.3 is 0 Å². The average Bonchev–Trinajstić information content (AvgIpc) is 2.65. The Balaban J connectivity index is 1.45. The Morgan fingerprint density at radius 2 is 1.84 bits per heavy atom. The molecule has 2 aromatic rings. The van der Waals surface area contributed by atoms with Crippen LogP contribution in [0.15, 0.2) is 48.5 Å². The van der Waals surface area contributed by atoms with Crippen LogP contribution >= 0.6 is 0 Å². The second kappa shape index (κ2) is 8.56. The molecule has 4 nitrogen and oxygen atoms in total. The van der Waals surface area contributed by atoms with Crippen LogP contribution in [0.5, 0.6) is 11.5 Å². The molecule has 1 aliphatic rings. The van der Waals surface area contributed by atoms with Gasteiger partial charge in [-0.15, -0.1) is 0 Å². The molecule has 0 radical (unpaired) electrons. The summed E-state index contributed by atoms with van der Waals surface area (Å²) in [6.07, 6.45) is 4.56. The van der Waals surface area contributed by atoms with E-state index in [4.69, 9.17) is 9.47 Å². The van der Waals surface area contributed by atoms with Crippen molar-refractivity contribution < 1.29 is 14.3 Å². The van der Waals surface area contributed by atoms with Gasteiger partial charge in [0.1, 0.15) is 18.1 Å². The molecule has 0 bridgehead atoms. The molecule has 0 aliphatic heterocycles. The van der Waals surface area contributed by atoms with Crippen molar-refractivity contribution >= 4 is 5.91 Å². The third-order valence-corrected chi connectivity index (χ3v) is 4.36. The Morgan fingerprint density at radius 1 is 1.04 bits per heavy atom. The largest absolute Gasteiger partial charge is 0.491 e. The summed E-state index contributed by atoms with van der Waals surface area (Å²) in [5.41, 5.74) is 2.62. The lowest BCUT2D eigenvalue weighted by Gasteiger charge is -2.20. The lowest BCUT2D eigenvalue weighted by molar-refractivity contribution is -0.123. The number of benzene rings is 2. The van der Waals surface area contributed by atoms with Gasteiger partial charge in [0.2, 0.25) is 0 Å². The van der Waals surface area contributed by atoms with Gasteiger partial charge in [-0.3, -0.25) is 4.79 Å². The van der Waals surface area contributed by atoms with Crippen molar-refractivity contribution in [2.24, 2.45) is 0 Å². The van der Waals surface area contributed by atoms with E-state index in [0.717, 1.165) is 24.3 Å². The fourth-order valence-electron chi connectivity index (χ4n) is 3.12. The summed E-state index contributed by atoms with van der Waals surface area (Å²) < 4.78 is 11.4. The number of hydrogen-bond acceptors (Lipinski definition) is 3. The summed E-state index contributed by atoms with van der Waals surface area (Å²) in [5.74, 6) is 1.52. The summed E-state index contributed by atoms with van der Waals surface area (Å²) >= 11 is 0. The molecular formula is C21H25NO3. The molecule has 1 N–H and O–H groups in total. The van der Waals surface area contributed by atoms with Gasteiger partial charge in [0.15, 0.2) is 6.61 Å². The third kappa shape index (κ3) is 4.99. The van der Waals surface area contributed by atoms with Gasteiger partial charge in [-0.2, -0.15) is 0 Å². The van der Waals surface area contributed by atoms with Crippen LogP contribution in [0.2, 0.25) is 0 Å². The highest BCUT2D eigenvalue weighted by molar-refractivity contribution is 5.77. The van der Waals surface area contributed by atoms with Crippen molar-refractivity contribution in [3.63, 3.8) is 0 Å². The van der Waals surface area contributed by atoms with Crippen LogP contribution in [0.1, 0.15) is 30.9 Å². The van der Waals surface area contributed by atoms with Crippen LogP contribution < -0.4 is 14.8 Å². The molecule has 0 spiro atoms. The first-order chi connectivity index (χ1) is 12.2. The van der Waals surface area contributed by atoms with E-state index in [0.29, 0.717) is 6.61 Å². The molecule has 0 saturated carbocycles. The minimum absolute atomic E-state index is 0.0339. The first-order valence-corrected chi connectivity index (χ1v) is 8.93. The van der Waals surface area contributed by atoms with Gasteiger partial charge in [0, 0.05) is 0 Å². The fraction of sp³-hybridized carbons (Fsp3) is 0.381. The van der Waals surface area contributed by atoms with E-state index in [-0.39, 0.29) is 18.6 Å². The first kappa shape index (κ1) is 17.3. The molecule has 1 amide bonds. The molecule has 1 aliphatic carbocycles. The van der Waals surface area contributed by atoms with Gasteiger partial charge in [-0.25, -0.2) is 0 Å². The molecule has 0 heterocycles. The molecule has 2 aromatic carbocycles. The fourth-order valence-corrected chi connectivity index (χ4v) is 3.12. The first-order valence-electron chi connectivity index (χ1n) is 8.93. The quantitative estimate of drug-likeness (QED) is 0.839. The summed E-state index contributed by atoms with van der Waals surface area (Å²) in [7, 11) is 0. The van der Waals surface area contributed by atoms with Gasteiger partial charge < -0.3 is 14.8 Å². The molecule has 0 unspecified atom stereocenters. The van der Waals surface area contributed by atoms with Gasteiger partial charge in [-0.05, 0) is 61.9 Å². The van der Waals surface area contributed by atoms with Crippen molar-refractivity contribution in [1.29, 1.82) is 0 Å². The van der Waals surface area contributed by atoms with Crippen LogP contribution in [0.4, 0.5) is 0 Å². The van der Waals surface area contributed by atoms with Crippen LogP contribution in [0.3, 0.4) is 0 Å².